The van der Waals surface area contributed by atoms with Crippen molar-refractivity contribution in [3.8, 4) is 0 Å². The van der Waals surface area contributed by atoms with E-state index in [2.05, 4.69) is 10.3 Å². The number of ether oxygens (including phenoxy) is 1. The zero-order valence-electron chi connectivity index (χ0n) is 16.4. The molecule has 1 saturated heterocycles. The van der Waals surface area contributed by atoms with Crippen LogP contribution in [0.15, 0.2) is 36.5 Å². The van der Waals surface area contributed by atoms with Gasteiger partial charge in [0.15, 0.2) is 0 Å². The lowest BCUT2D eigenvalue weighted by atomic mass is 9.98. The van der Waals surface area contributed by atoms with Crippen LogP contribution in [0.3, 0.4) is 0 Å². The third kappa shape index (κ3) is 5.07. The molecule has 3 rings (SSSR count). The van der Waals surface area contributed by atoms with Gasteiger partial charge in [0.25, 0.3) is 5.91 Å². The highest BCUT2D eigenvalue weighted by Gasteiger charge is 2.29. The SMILES string of the molecule is CCOC(=O)C1CCCN(c2ncc(NC(=O)c3ccc(Cl)cc3)cc2C(=O)O)C1. The van der Waals surface area contributed by atoms with Gasteiger partial charge in [-0.2, -0.15) is 0 Å². The van der Waals surface area contributed by atoms with E-state index in [1.165, 1.54) is 12.3 Å². The summed E-state index contributed by atoms with van der Waals surface area (Å²) in [6.45, 7) is 2.97. The summed E-state index contributed by atoms with van der Waals surface area (Å²) in [4.78, 5) is 42.4. The Morgan fingerprint density at radius 3 is 2.70 bits per heavy atom. The van der Waals surface area contributed by atoms with Crippen molar-refractivity contribution in [3.05, 3.63) is 52.7 Å². The number of aromatic nitrogens is 1. The summed E-state index contributed by atoms with van der Waals surface area (Å²) in [6.07, 6.45) is 2.82. The Morgan fingerprint density at radius 1 is 1.30 bits per heavy atom. The topological polar surface area (TPSA) is 109 Å². The lowest BCUT2D eigenvalue weighted by Gasteiger charge is -2.33. The summed E-state index contributed by atoms with van der Waals surface area (Å²) in [6, 6.07) is 7.70. The van der Waals surface area contributed by atoms with Crippen LogP contribution in [-0.2, 0) is 9.53 Å². The zero-order valence-corrected chi connectivity index (χ0v) is 17.2. The van der Waals surface area contributed by atoms with E-state index in [0.29, 0.717) is 36.7 Å². The molecule has 1 atom stereocenters. The number of hydrogen-bond acceptors (Lipinski definition) is 6. The molecule has 158 valence electrons. The summed E-state index contributed by atoms with van der Waals surface area (Å²) < 4.78 is 5.10. The van der Waals surface area contributed by atoms with Gasteiger partial charge in [0.1, 0.15) is 11.4 Å². The molecule has 1 amide bonds. The highest BCUT2D eigenvalue weighted by atomic mass is 35.5. The lowest BCUT2D eigenvalue weighted by Crippen LogP contribution is -2.40. The number of carbonyl (C=O) groups is 3. The number of amides is 1. The fourth-order valence-electron chi connectivity index (χ4n) is 3.36. The first-order valence-electron chi connectivity index (χ1n) is 9.61. The molecule has 0 spiro atoms. The summed E-state index contributed by atoms with van der Waals surface area (Å²) in [5, 5.41) is 12.8. The van der Waals surface area contributed by atoms with Gasteiger partial charge >= 0.3 is 11.9 Å². The molecular weight excluding hydrogens is 410 g/mol. The van der Waals surface area contributed by atoms with Crippen LogP contribution in [0.2, 0.25) is 5.02 Å². The Kier molecular flexibility index (Phi) is 6.89. The quantitative estimate of drug-likeness (QED) is 0.674. The van der Waals surface area contributed by atoms with Gasteiger partial charge in [-0.3, -0.25) is 9.59 Å². The van der Waals surface area contributed by atoms with E-state index in [4.69, 9.17) is 16.3 Å². The van der Waals surface area contributed by atoms with Crippen molar-refractivity contribution in [2.75, 3.05) is 29.9 Å². The van der Waals surface area contributed by atoms with E-state index in [-0.39, 0.29) is 29.0 Å². The van der Waals surface area contributed by atoms with E-state index >= 15 is 0 Å². The minimum absolute atomic E-state index is 0.0478. The van der Waals surface area contributed by atoms with Gasteiger partial charge in [0.05, 0.1) is 24.4 Å². The third-order valence-corrected chi connectivity index (χ3v) is 5.05. The number of carboxylic acid groups (broad SMARTS) is 1. The number of anilines is 2. The molecule has 8 nitrogen and oxygen atoms in total. The average Bonchev–Trinajstić information content (AvgIpc) is 2.74. The molecular formula is C21H22ClN3O5. The van der Waals surface area contributed by atoms with Crippen molar-refractivity contribution >= 4 is 41.0 Å². The Bertz CT molecular complexity index is 948. The Morgan fingerprint density at radius 2 is 2.03 bits per heavy atom. The van der Waals surface area contributed by atoms with Crippen molar-refractivity contribution in [2.24, 2.45) is 5.92 Å². The molecule has 0 bridgehead atoms. The summed E-state index contributed by atoms with van der Waals surface area (Å²) >= 11 is 5.83. The van der Waals surface area contributed by atoms with Gasteiger partial charge in [-0.15, -0.1) is 0 Å². The van der Waals surface area contributed by atoms with Gasteiger partial charge in [-0.05, 0) is 50.1 Å². The standard InChI is InChI=1S/C21H22ClN3O5/c1-2-30-21(29)14-4-3-9-25(12-14)18-17(20(27)28)10-16(11-23-18)24-19(26)13-5-7-15(22)8-6-13/h5-8,10-11,14H,2-4,9,12H2,1H3,(H,24,26)(H,27,28). The van der Waals surface area contributed by atoms with Gasteiger partial charge in [0.2, 0.25) is 0 Å². The molecule has 9 heteroatoms. The largest absolute Gasteiger partial charge is 0.478 e. The van der Waals surface area contributed by atoms with E-state index in [9.17, 15) is 19.5 Å². The maximum absolute atomic E-state index is 12.4. The molecule has 1 unspecified atom stereocenters. The van der Waals surface area contributed by atoms with Gasteiger partial charge in [-0.1, -0.05) is 11.6 Å². The molecule has 1 aromatic heterocycles. The Labute approximate surface area is 178 Å². The van der Waals surface area contributed by atoms with Gasteiger partial charge in [0, 0.05) is 23.7 Å². The molecule has 2 aromatic rings. The average molecular weight is 432 g/mol. The van der Waals surface area contributed by atoms with Gasteiger partial charge < -0.3 is 20.1 Å². The second-order valence-corrected chi connectivity index (χ2v) is 7.33. The number of nitrogens with zero attached hydrogens (tertiary/aromatic N) is 2. The van der Waals surface area contributed by atoms with Crippen LogP contribution in [0.1, 0.15) is 40.5 Å². The van der Waals surface area contributed by atoms with Crippen molar-refractivity contribution in [1.29, 1.82) is 0 Å². The maximum atomic E-state index is 12.4. The fraction of sp³-hybridized carbons (Fsp3) is 0.333. The van der Waals surface area contributed by atoms with Crippen molar-refractivity contribution < 1.29 is 24.2 Å². The second kappa shape index (κ2) is 9.58. The number of pyridine rings is 1. The minimum Gasteiger partial charge on any atom is -0.478 e. The smallest absolute Gasteiger partial charge is 0.339 e. The molecule has 2 heterocycles. The fourth-order valence-corrected chi connectivity index (χ4v) is 3.49. The number of esters is 1. The number of piperidine rings is 1. The van der Waals surface area contributed by atoms with Crippen LogP contribution in [0.4, 0.5) is 11.5 Å². The zero-order chi connectivity index (χ0) is 21.7. The number of aromatic carboxylic acids is 1. The number of halogens is 1. The molecule has 0 aliphatic carbocycles. The van der Waals surface area contributed by atoms with E-state index in [0.717, 1.165) is 6.42 Å². The Hall–Kier alpha value is -3.13. The predicted molar refractivity (Wildman–Crippen MR) is 112 cm³/mol. The monoisotopic (exact) mass is 431 g/mol. The van der Waals surface area contributed by atoms with Crippen LogP contribution in [-0.4, -0.2) is 47.6 Å². The first-order valence-corrected chi connectivity index (χ1v) is 9.98. The molecule has 1 aliphatic heterocycles. The van der Waals surface area contributed by atoms with Crippen LogP contribution in [0, 0.1) is 5.92 Å². The number of benzene rings is 1. The molecule has 30 heavy (non-hydrogen) atoms. The number of rotatable bonds is 6. The van der Waals surface area contributed by atoms with E-state index < -0.39 is 11.9 Å². The summed E-state index contributed by atoms with van der Waals surface area (Å²) in [7, 11) is 0. The Balaban J connectivity index is 1.79. The highest BCUT2D eigenvalue weighted by molar-refractivity contribution is 6.30. The van der Waals surface area contributed by atoms with Gasteiger partial charge in [-0.25, -0.2) is 9.78 Å². The number of nitrogens with one attached hydrogen (secondary N) is 1. The molecule has 1 fully saturated rings. The van der Waals surface area contributed by atoms with Crippen LogP contribution in [0.25, 0.3) is 0 Å². The van der Waals surface area contributed by atoms with Crippen LogP contribution < -0.4 is 10.2 Å². The van der Waals surface area contributed by atoms with Crippen molar-refractivity contribution in [3.63, 3.8) is 0 Å². The summed E-state index contributed by atoms with van der Waals surface area (Å²) in [5.74, 6) is -1.92. The maximum Gasteiger partial charge on any atom is 0.339 e. The van der Waals surface area contributed by atoms with Crippen LogP contribution in [0.5, 0.6) is 0 Å². The molecule has 0 saturated carbocycles. The van der Waals surface area contributed by atoms with E-state index in [1.807, 2.05) is 0 Å². The number of carbonyl (C=O) groups excluding carboxylic acids is 2. The second-order valence-electron chi connectivity index (χ2n) is 6.90. The summed E-state index contributed by atoms with van der Waals surface area (Å²) in [5.41, 5.74) is 0.595. The first kappa shape index (κ1) is 21.6. The third-order valence-electron chi connectivity index (χ3n) is 4.80. The first-order chi connectivity index (χ1) is 14.4. The van der Waals surface area contributed by atoms with Crippen molar-refractivity contribution in [2.45, 2.75) is 19.8 Å². The van der Waals surface area contributed by atoms with Crippen LogP contribution >= 0.6 is 11.6 Å². The van der Waals surface area contributed by atoms with Crippen molar-refractivity contribution in [1.82, 2.24) is 4.98 Å². The number of carboxylic acids is 1. The predicted octanol–water partition coefficient (Wildman–Crippen LogP) is 3.47. The molecule has 1 aliphatic rings. The molecule has 1 aromatic carbocycles. The highest BCUT2D eigenvalue weighted by Crippen LogP contribution is 2.27. The minimum atomic E-state index is -1.17. The normalized spacial score (nSPS) is 16.1. The lowest BCUT2D eigenvalue weighted by molar-refractivity contribution is -0.148. The van der Waals surface area contributed by atoms with E-state index in [1.54, 1.807) is 36.1 Å². The molecule has 2 N–H and O–H groups in total. The molecule has 0 radical (unpaired) electrons. The number of hydrogen-bond donors (Lipinski definition) is 2.